The van der Waals surface area contributed by atoms with Gasteiger partial charge in [-0.05, 0) is 0 Å². The van der Waals surface area contributed by atoms with Gasteiger partial charge in [0.05, 0.1) is 19.8 Å². The smallest absolute Gasteiger partial charge is 0.339 e. The van der Waals surface area contributed by atoms with E-state index in [2.05, 4.69) is 16.1 Å². The number of esters is 2. The molecule has 0 spiro atoms. The monoisotopic (exact) mass is 174 g/mol. The second-order valence-corrected chi connectivity index (χ2v) is 1.94. The SMILES string of the molecule is C=C(C(=O)OC)[C@@H](O)C(=O)OC. The van der Waals surface area contributed by atoms with Crippen LogP contribution in [0.1, 0.15) is 0 Å². The van der Waals surface area contributed by atoms with Crippen LogP contribution < -0.4 is 0 Å². The van der Waals surface area contributed by atoms with Gasteiger partial charge in [0, 0.05) is 0 Å². The van der Waals surface area contributed by atoms with Gasteiger partial charge in [-0.3, -0.25) is 0 Å². The fraction of sp³-hybridized carbons (Fsp3) is 0.429. The maximum atomic E-state index is 10.7. The maximum Gasteiger partial charge on any atom is 0.339 e. The largest absolute Gasteiger partial charge is 0.467 e. The summed E-state index contributed by atoms with van der Waals surface area (Å²) >= 11 is 0. The summed E-state index contributed by atoms with van der Waals surface area (Å²) in [6.45, 7) is 3.17. The van der Waals surface area contributed by atoms with Gasteiger partial charge >= 0.3 is 11.9 Å². The van der Waals surface area contributed by atoms with Crippen molar-refractivity contribution in [2.24, 2.45) is 0 Å². The van der Waals surface area contributed by atoms with Crippen LogP contribution in [0.5, 0.6) is 0 Å². The number of carbonyl (C=O) groups excluding carboxylic acids is 2. The van der Waals surface area contributed by atoms with Crippen LogP contribution in [0.3, 0.4) is 0 Å². The Hall–Kier alpha value is -1.36. The molecule has 0 radical (unpaired) electrons. The van der Waals surface area contributed by atoms with E-state index in [-0.39, 0.29) is 5.57 Å². The van der Waals surface area contributed by atoms with Crippen molar-refractivity contribution < 1.29 is 24.2 Å². The van der Waals surface area contributed by atoms with Crippen LogP contribution in [0.4, 0.5) is 0 Å². The lowest BCUT2D eigenvalue weighted by molar-refractivity contribution is -0.151. The Balaban J connectivity index is 4.29. The first-order valence-electron chi connectivity index (χ1n) is 3.07. The molecular weight excluding hydrogens is 164 g/mol. The van der Waals surface area contributed by atoms with Gasteiger partial charge in [0.2, 0.25) is 0 Å². The van der Waals surface area contributed by atoms with E-state index in [1.165, 1.54) is 0 Å². The number of aliphatic hydroxyl groups excluding tert-OH is 1. The molecule has 12 heavy (non-hydrogen) atoms. The Kier molecular flexibility index (Phi) is 3.99. The van der Waals surface area contributed by atoms with Gasteiger partial charge < -0.3 is 14.6 Å². The first-order chi connectivity index (χ1) is 5.54. The minimum absolute atomic E-state index is 0.343. The molecule has 0 aliphatic carbocycles. The predicted molar refractivity (Wildman–Crippen MR) is 39.2 cm³/mol. The summed E-state index contributed by atoms with van der Waals surface area (Å²) in [4.78, 5) is 21.3. The van der Waals surface area contributed by atoms with Crippen LogP contribution in [0.15, 0.2) is 12.2 Å². The molecule has 1 atom stereocenters. The van der Waals surface area contributed by atoms with Crippen molar-refractivity contribution in [2.45, 2.75) is 6.10 Å². The number of rotatable bonds is 3. The van der Waals surface area contributed by atoms with Crippen molar-refractivity contribution in [2.75, 3.05) is 14.2 Å². The van der Waals surface area contributed by atoms with Crippen molar-refractivity contribution in [1.29, 1.82) is 0 Å². The number of methoxy groups -OCH3 is 2. The Morgan fingerprint density at radius 3 is 2.17 bits per heavy atom. The quantitative estimate of drug-likeness (QED) is 0.450. The van der Waals surface area contributed by atoms with E-state index < -0.39 is 18.0 Å². The minimum Gasteiger partial charge on any atom is -0.467 e. The summed E-state index contributed by atoms with van der Waals surface area (Å²) in [6.07, 6.45) is -1.65. The minimum atomic E-state index is -1.65. The molecule has 0 aromatic carbocycles. The lowest BCUT2D eigenvalue weighted by Gasteiger charge is -2.08. The first kappa shape index (κ1) is 10.6. The topological polar surface area (TPSA) is 72.8 Å². The summed E-state index contributed by atoms with van der Waals surface area (Å²) in [7, 11) is 2.22. The molecule has 0 rings (SSSR count). The van der Waals surface area contributed by atoms with Gasteiger partial charge in [-0.1, -0.05) is 6.58 Å². The Morgan fingerprint density at radius 1 is 1.33 bits per heavy atom. The van der Waals surface area contributed by atoms with Crippen LogP contribution >= 0.6 is 0 Å². The molecule has 0 bridgehead atoms. The molecule has 0 aliphatic rings. The Bertz CT molecular complexity index is 208. The predicted octanol–water partition coefficient (Wildman–Crippen LogP) is -0.751. The van der Waals surface area contributed by atoms with Gasteiger partial charge in [-0.15, -0.1) is 0 Å². The van der Waals surface area contributed by atoms with Crippen molar-refractivity contribution in [3.05, 3.63) is 12.2 Å². The molecule has 0 heterocycles. The lowest BCUT2D eigenvalue weighted by atomic mass is 10.2. The molecule has 0 aliphatic heterocycles. The van der Waals surface area contributed by atoms with Crippen molar-refractivity contribution in [3.8, 4) is 0 Å². The van der Waals surface area contributed by atoms with Gasteiger partial charge in [0.25, 0.3) is 0 Å². The van der Waals surface area contributed by atoms with Crippen LogP contribution in [0.2, 0.25) is 0 Å². The fourth-order valence-electron chi connectivity index (χ4n) is 0.497. The average Bonchev–Trinajstić information content (AvgIpc) is 2.12. The highest BCUT2D eigenvalue weighted by atomic mass is 16.5. The first-order valence-corrected chi connectivity index (χ1v) is 3.07. The normalized spacial score (nSPS) is 11.6. The summed E-state index contributed by atoms with van der Waals surface area (Å²) < 4.78 is 8.39. The molecule has 0 saturated carbocycles. The highest BCUT2D eigenvalue weighted by Gasteiger charge is 2.24. The molecule has 5 nitrogen and oxygen atoms in total. The van der Waals surface area contributed by atoms with E-state index in [4.69, 9.17) is 5.11 Å². The summed E-state index contributed by atoms with van der Waals surface area (Å²) in [5, 5.41) is 9.01. The highest BCUT2D eigenvalue weighted by molar-refractivity contribution is 5.96. The van der Waals surface area contributed by atoms with Gasteiger partial charge in [-0.25, -0.2) is 9.59 Å². The molecule has 1 N–H and O–H groups in total. The second kappa shape index (κ2) is 4.50. The molecule has 0 saturated heterocycles. The zero-order valence-corrected chi connectivity index (χ0v) is 6.86. The maximum absolute atomic E-state index is 10.7. The summed E-state index contributed by atoms with van der Waals surface area (Å²) in [5.74, 6) is -1.78. The number of carbonyl (C=O) groups is 2. The second-order valence-electron chi connectivity index (χ2n) is 1.94. The van der Waals surface area contributed by atoms with E-state index in [0.717, 1.165) is 14.2 Å². The van der Waals surface area contributed by atoms with Crippen LogP contribution in [-0.2, 0) is 19.1 Å². The Labute approximate surface area is 69.6 Å². The number of aliphatic hydroxyl groups is 1. The third-order valence-corrected chi connectivity index (χ3v) is 1.20. The number of hydrogen-bond acceptors (Lipinski definition) is 5. The third-order valence-electron chi connectivity index (χ3n) is 1.20. The molecule has 0 fully saturated rings. The zero-order chi connectivity index (χ0) is 9.72. The fourth-order valence-corrected chi connectivity index (χ4v) is 0.497. The Morgan fingerprint density at radius 2 is 1.83 bits per heavy atom. The van der Waals surface area contributed by atoms with E-state index >= 15 is 0 Å². The van der Waals surface area contributed by atoms with Crippen LogP contribution in [0, 0.1) is 0 Å². The standard InChI is InChI=1S/C7H10O5/c1-4(6(9)11-2)5(8)7(10)12-3/h5,8H,1H2,2-3H3/t5-/m1/s1. The zero-order valence-electron chi connectivity index (χ0n) is 6.86. The molecule has 0 amide bonds. The van der Waals surface area contributed by atoms with Crippen molar-refractivity contribution >= 4 is 11.9 Å². The van der Waals surface area contributed by atoms with E-state index in [1.54, 1.807) is 0 Å². The van der Waals surface area contributed by atoms with E-state index in [9.17, 15) is 9.59 Å². The summed E-state index contributed by atoms with van der Waals surface area (Å²) in [5.41, 5.74) is -0.343. The van der Waals surface area contributed by atoms with E-state index in [1.807, 2.05) is 0 Å². The molecule has 5 heteroatoms. The molecule has 68 valence electrons. The number of hydrogen-bond donors (Lipinski definition) is 1. The summed E-state index contributed by atoms with van der Waals surface area (Å²) in [6, 6.07) is 0. The van der Waals surface area contributed by atoms with Crippen LogP contribution in [0.25, 0.3) is 0 Å². The van der Waals surface area contributed by atoms with Gasteiger partial charge in [0.1, 0.15) is 0 Å². The molecule has 0 aromatic rings. The lowest BCUT2D eigenvalue weighted by Crippen LogP contribution is -2.28. The van der Waals surface area contributed by atoms with Crippen molar-refractivity contribution in [1.82, 2.24) is 0 Å². The van der Waals surface area contributed by atoms with E-state index in [0.29, 0.717) is 0 Å². The van der Waals surface area contributed by atoms with Gasteiger partial charge in [-0.2, -0.15) is 0 Å². The third kappa shape index (κ3) is 2.35. The van der Waals surface area contributed by atoms with Crippen LogP contribution in [-0.4, -0.2) is 37.4 Å². The number of ether oxygens (including phenoxy) is 2. The molecule has 0 aromatic heterocycles. The highest BCUT2D eigenvalue weighted by Crippen LogP contribution is 2.02. The molecule has 0 unspecified atom stereocenters. The van der Waals surface area contributed by atoms with Gasteiger partial charge in [0.15, 0.2) is 6.10 Å². The average molecular weight is 174 g/mol. The molecular formula is C7H10O5. The van der Waals surface area contributed by atoms with Crippen molar-refractivity contribution in [3.63, 3.8) is 0 Å².